The molecule has 1 aliphatic rings. The Kier molecular flexibility index (Phi) is 5.56. The van der Waals surface area contributed by atoms with Crippen LogP contribution in [-0.4, -0.2) is 25.0 Å². The molecule has 1 N–H and O–H groups in total. The molecule has 2 amide bonds. The maximum atomic E-state index is 13.0. The fraction of sp³-hybridized carbons (Fsp3) is 0.429. The van der Waals surface area contributed by atoms with Crippen LogP contribution in [0.1, 0.15) is 44.5 Å². The maximum Gasteiger partial charge on any atom is 0.256 e. The first-order chi connectivity index (χ1) is 12.8. The molecule has 0 atom stereocenters. The molecule has 5 nitrogen and oxygen atoms in total. The fourth-order valence-electron chi connectivity index (χ4n) is 2.93. The zero-order valence-electron chi connectivity index (χ0n) is 16.2. The molecule has 0 saturated carbocycles. The molecule has 2 heterocycles. The Balaban J connectivity index is 1.88. The molecule has 0 saturated heterocycles. The minimum atomic E-state index is -0.601. The highest BCUT2D eigenvalue weighted by molar-refractivity contribution is 7.08. The topological polar surface area (TPSA) is 58.6 Å². The summed E-state index contributed by atoms with van der Waals surface area (Å²) in [5.74, 6) is 1.04. The molecule has 3 rings (SSSR count). The number of amides is 2. The molecule has 0 radical (unpaired) electrons. The molecular formula is C21H26N2O3S. The fourth-order valence-corrected chi connectivity index (χ4v) is 3.57. The number of anilines is 2. The molecule has 2 aromatic rings. The monoisotopic (exact) mass is 386 g/mol. The molecule has 144 valence electrons. The average Bonchev–Trinajstić information content (AvgIpc) is 3.13. The van der Waals surface area contributed by atoms with Crippen LogP contribution in [0.3, 0.4) is 0 Å². The number of hydrogen-bond donors (Lipinski definition) is 1. The van der Waals surface area contributed by atoms with Gasteiger partial charge in [0.2, 0.25) is 5.91 Å². The van der Waals surface area contributed by atoms with Gasteiger partial charge in [0.25, 0.3) is 5.91 Å². The summed E-state index contributed by atoms with van der Waals surface area (Å²) < 4.78 is 5.97. The van der Waals surface area contributed by atoms with E-state index in [2.05, 4.69) is 19.2 Å². The van der Waals surface area contributed by atoms with Crippen LogP contribution in [0.25, 0.3) is 0 Å². The third-order valence-electron chi connectivity index (χ3n) is 4.63. The number of nitrogens with one attached hydrogen (secondary N) is 1. The minimum absolute atomic E-state index is 0.0666. The van der Waals surface area contributed by atoms with Crippen LogP contribution in [0.15, 0.2) is 35.0 Å². The van der Waals surface area contributed by atoms with Gasteiger partial charge in [-0.3, -0.25) is 9.59 Å². The molecule has 1 aromatic carbocycles. The number of carbonyl (C=O) groups is 2. The Hall–Kier alpha value is -2.34. The minimum Gasteiger partial charge on any atom is -0.490 e. The van der Waals surface area contributed by atoms with E-state index in [1.165, 1.54) is 11.3 Å². The van der Waals surface area contributed by atoms with Crippen LogP contribution in [-0.2, 0) is 4.79 Å². The quantitative estimate of drug-likeness (QED) is 0.803. The molecule has 1 aromatic heterocycles. The summed E-state index contributed by atoms with van der Waals surface area (Å²) in [4.78, 5) is 27.2. The maximum absolute atomic E-state index is 13.0. The number of benzene rings is 1. The van der Waals surface area contributed by atoms with Gasteiger partial charge >= 0.3 is 0 Å². The van der Waals surface area contributed by atoms with E-state index in [1.54, 1.807) is 12.1 Å². The third-order valence-corrected chi connectivity index (χ3v) is 5.32. The standard InChI is InChI=1S/C21H26N2O3S/c1-14(2)7-9-23-17-6-5-16(22-19(24)15-8-10-27-12-15)11-18(17)26-13-21(3,4)20(23)25/h5-6,8,10-12,14H,7,9,13H2,1-4H3,(H,22,24). The summed E-state index contributed by atoms with van der Waals surface area (Å²) in [6, 6.07) is 7.27. The van der Waals surface area contributed by atoms with E-state index < -0.39 is 5.41 Å². The molecule has 6 heteroatoms. The van der Waals surface area contributed by atoms with Crippen molar-refractivity contribution >= 4 is 34.5 Å². The van der Waals surface area contributed by atoms with E-state index in [0.717, 1.165) is 12.1 Å². The van der Waals surface area contributed by atoms with Crippen molar-refractivity contribution < 1.29 is 14.3 Å². The summed E-state index contributed by atoms with van der Waals surface area (Å²) >= 11 is 1.48. The first-order valence-electron chi connectivity index (χ1n) is 9.20. The lowest BCUT2D eigenvalue weighted by atomic mass is 9.92. The van der Waals surface area contributed by atoms with Crippen LogP contribution in [0.2, 0.25) is 0 Å². The Labute approximate surface area is 164 Å². The van der Waals surface area contributed by atoms with Crippen molar-refractivity contribution in [2.45, 2.75) is 34.1 Å². The van der Waals surface area contributed by atoms with E-state index in [0.29, 0.717) is 36.1 Å². The van der Waals surface area contributed by atoms with Gasteiger partial charge in [0.05, 0.1) is 16.7 Å². The van der Waals surface area contributed by atoms with Crippen LogP contribution in [0, 0.1) is 11.3 Å². The van der Waals surface area contributed by atoms with Gasteiger partial charge in [0.15, 0.2) is 0 Å². The van der Waals surface area contributed by atoms with Gasteiger partial charge in [-0.05, 0) is 49.8 Å². The molecule has 0 bridgehead atoms. The Morgan fingerprint density at radius 3 is 2.78 bits per heavy atom. The number of thiophene rings is 1. The lowest BCUT2D eigenvalue weighted by Gasteiger charge is -2.28. The van der Waals surface area contributed by atoms with E-state index in [-0.39, 0.29) is 11.8 Å². The van der Waals surface area contributed by atoms with Crippen molar-refractivity contribution in [3.8, 4) is 5.75 Å². The van der Waals surface area contributed by atoms with Crippen molar-refractivity contribution in [2.24, 2.45) is 11.3 Å². The van der Waals surface area contributed by atoms with Gasteiger partial charge in [0.1, 0.15) is 12.4 Å². The van der Waals surface area contributed by atoms with Crippen molar-refractivity contribution in [2.75, 3.05) is 23.4 Å². The normalized spacial score (nSPS) is 15.9. The molecule has 0 fully saturated rings. The highest BCUT2D eigenvalue weighted by atomic mass is 32.1. The largest absolute Gasteiger partial charge is 0.490 e. The Morgan fingerprint density at radius 2 is 2.11 bits per heavy atom. The van der Waals surface area contributed by atoms with Crippen molar-refractivity contribution in [3.63, 3.8) is 0 Å². The highest BCUT2D eigenvalue weighted by Gasteiger charge is 2.37. The number of ether oxygens (including phenoxy) is 1. The second kappa shape index (κ2) is 7.72. The number of nitrogens with zero attached hydrogens (tertiary/aromatic N) is 1. The third kappa shape index (κ3) is 4.33. The van der Waals surface area contributed by atoms with Gasteiger partial charge in [0, 0.05) is 23.7 Å². The van der Waals surface area contributed by atoms with Gasteiger partial charge in [-0.2, -0.15) is 11.3 Å². The first-order valence-corrected chi connectivity index (χ1v) is 10.1. The van der Waals surface area contributed by atoms with Gasteiger partial charge in [-0.15, -0.1) is 0 Å². The summed E-state index contributed by atoms with van der Waals surface area (Å²) in [5.41, 5.74) is 1.45. The van der Waals surface area contributed by atoms with Crippen molar-refractivity contribution in [3.05, 3.63) is 40.6 Å². The predicted molar refractivity (Wildman–Crippen MR) is 110 cm³/mol. The van der Waals surface area contributed by atoms with Gasteiger partial charge < -0.3 is 15.0 Å². The van der Waals surface area contributed by atoms with Crippen LogP contribution >= 0.6 is 11.3 Å². The molecular weight excluding hydrogens is 360 g/mol. The van der Waals surface area contributed by atoms with Crippen molar-refractivity contribution in [1.29, 1.82) is 0 Å². The number of carbonyl (C=O) groups excluding carboxylic acids is 2. The average molecular weight is 387 g/mol. The zero-order valence-corrected chi connectivity index (χ0v) is 17.1. The molecule has 0 unspecified atom stereocenters. The second-order valence-electron chi connectivity index (χ2n) is 7.96. The van der Waals surface area contributed by atoms with Gasteiger partial charge in [-0.1, -0.05) is 13.8 Å². The van der Waals surface area contributed by atoms with E-state index >= 15 is 0 Å². The van der Waals surface area contributed by atoms with Crippen LogP contribution in [0.5, 0.6) is 5.75 Å². The molecule has 27 heavy (non-hydrogen) atoms. The van der Waals surface area contributed by atoms with Crippen molar-refractivity contribution in [1.82, 2.24) is 0 Å². The SMILES string of the molecule is CC(C)CCN1C(=O)C(C)(C)COc2cc(NC(=O)c3ccsc3)ccc21. The molecule has 1 aliphatic heterocycles. The van der Waals surface area contributed by atoms with E-state index in [1.807, 2.05) is 41.6 Å². The molecule has 0 aliphatic carbocycles. The van der Waals surface area contributed by atoms with Crippen LogP contribution < -0.4 is 15.0 Å². The number of hydrogen-bond acceptors (Lipinski definition) is 4. The lowest BCUT2D eigenvalue weighted by molar-refractivity contribution is -0.127. The zero-order chi connectivity index (χ0) is 19.6. The van der Waals surface area contributed by atoms with Gasteiger partial charge in [-0.25, -0.2) is 0 Å². The smallest absolute Gasteiger partial charge is 0.256 e. The number of fused-ring (bicyclic) bond motifs is 1. The summed E-state index contributed by atoms with van der Waals surface area (Å²) in [6.07, 6.45) is 0.915. The highest BCUT2D eigenvalue weighted by Crippen LogP contribution is 2.38. The lowest BCUT2D eigenvalue weighted by Crippen LogP contribution is -2.42. The van der Waals surface area contributed by atoms with Crippen LogP contribution in [0.4, 0.5) is 11.4 Å². The van der Waals surface area contributed by atoms with E-state index in [4.69, 9.17) is 4.74 Å². The molecule has 0 spiro atoms. The Morgan fingerprint density at radius 1 is 1.33 bits per heavy atom. The first kappa shape index (κ1) is 19.4. The predicted octanol–water partition coefficient (Wildman–Crippen LogP) is 4.80. The Bertz CT molecular complexity index is 828. The summed E-state index contributed by atoms with van der Waals surface area (Å²) in [6.45, 7) is 9.06. The second-order valence-corrected chi connectivity index (χ2v) is 8.74. The van der Waals surface area contributed by atoms with E-state index in [9.17, 15) is 9.59 Å². The number of rotatable bonds is 5. The summed E-state index contributed by atoms with van der Waals surface area (Å²) in [7, 11) is 0. The summed E-state index contributed by atoms with van der Waals surface area (Å²) in [5, 5.41) is 6.58.